The molecule has 70 valence electrons. The molecule has 0 heterocycles. The van der Waals surface area contributed by atoms with Gasteiger partial charge in [0.25, 0.3) is 0 Å². The van der Waals surface area contributed by atoms with E-state index >= 15 is 0 Å². The maximum Gasteiger partial charge on any atom is 0.0465 e. The van der Waals surface area contributed by atoms with Crippen molar-refractivity contribution in [3.05, 3.63) is 42.0 Å². The average molecular weight is 176 g/mol. The first kappa shape index (κ1) is 10.0. The minimum Gasteiger partial charge on any atom is -0.396 e. The summed E-state index contributed by atoms with van der Waals surface area (Å²) < 4.78 is 0. The molecule has 0 aliphatic heterocycles. The molecule has 0 radical (unpaired) electrons. The van der Waals surface area contributed by atoms with Gasteiger partial charge in [0.15, 0.2) is 0 Å². The Hall–Kier alpha value is -1.08. The molecule has 1 heteroatoms. The topological polar surface area (TPSA) is 20.2 Å². The van der Waals surface area contributed by atoms with Crippen molar-refractivity contribution < 1.29 is 5.11 Å². The fraction of sp³-hybridized carbons (Fsp3) is 0.333. The maximum atomic E-state index is 8.71. The molecule has 1 nitrogen and oxygen atoms in total. The van der Waals surface area contributed by atoms with Crippen LogP contribution in [0.5, 0.6) is 0 Å². The summed E-state index contributed by atoms with van der Waals surface area (Å²) in [4.78, 5) is 0. The fourth-order valence-electron chi connectivity index (χ4n) is 1.36. The third-order valence-electron chi connectivity index (χ3n) is 2.05. The van der Waals surface area contributed by atoms with Gasteiger partial charge in [-0.05, 0) is 24.0 Å². The molecular weight excluding hydrogens is 160 g/mol. The van der Waals surface area contributed by atoms with E-state index in [0.717, 1.165) is 12.8 Å². The van der Waals surface area contributed by atoms with Gasteiger partial charge in [0.2, 0.25) is 0 Å². The van der Waals surface area contributed by atoms with Crippen LogP contribution in [-0.4, -0.2) is 11.7 Å². The van der Waals surface area contributed by atoms with Crippen molar-refractivity contribution in [1.82, 2.24) is 0 Å². The molecule has 0 atom stereocenters. The van der Waals surface area contributed by atoms with Crippen LogP contribution in [0, 0.1) is 0 Å². The van der Waals surface area contributed by atoms with E-state index in [9.17, 15) is 0 Å². The summed E-state index contributed by atoms with van der Waals surface area (Å²) in [5.41, 5.74) is 2.58. The van der Waals surface area contributed by atoms with Crippen molar-refractivity contribution >= 4 is 5.57 Å². The van der Waals surface area contributed by atoms with Gasteiger partial charge in [-0.1, -0.05) is 43.3 Å². The first-order valence-electron chi connectivity index (χ1n) is 4.73. The Morgan fingerprint density at radius 2 is 2.00 bits per heavy atom. The van der Waals surface area contributed by atoms with Crippen LogP contribution < -0.4 is 0 Å². The van der Waals surface area contributed by atoms with Crippen LogP contribution in [0.25, 0.3) is 5.57 Å². The molecule has 0 aliphatic rings. The normalized spacial score (nSPS) is 11.7. The number of hydrogen-bond donors (Lipinski definition) is 1. The lowest BCUT2D eigenvalue weighted by molar-refractivity contribution is 0.302. The molecule has 1 rings (SSSR count). The van der Waals surface area contributed by atoms with E-state index in [1.54, 1.807) is 0 Å². The van der Waals surface area contributed by atoms with Gasteiger partial charge in [-0.3, -0.25) is 0 Å². The molecule has 0 unspecified atom stereocenters. The lowest BCUT2D eigenvalue weighted by Gasteiger charge is -2.03. The third-order valence-corrected chi connectivity index (χ3v) is 2.05. The zero-order valence-corrected chi connectivity index (χ0v) is 8.03. The molecule has 1 aromatic carbocycles. The van der Waals surface area contributed by atoms with Crippen molar-refractivity contribution in [2.75, 3.05) is 6.61 Å². The number of benzene rings is 1. The lowest BCUT2D eigenvalue weighted by atomic mass is 10.0. The van der Waals surface area contributed by atoms with Crippen LogP contribution >= 0.6 is 0 Å². The first-order valence-corrected chi connectivity index (χ1v) is 4.73. The van der Waals surface area contributed by atoms with Gasteiger partial charge in [0, 0.05) is 6.61 Å². The number of hydrogen-bond acceptors (Lipinski definition) is 1. The molecule has 0 bridgehead atoms. The lowest BCUT2D eigenvalue weighted by Crippen LogP contribution is -1.84. The van der Waals surface area contributed by atoms with Gasteiger partial charge < -0.3 is 5.11 Å². The van der Waals surface area contributed by atoms with E-state index in [-0.39, 0.29) is 6.61 Å². The van der Waals surface area contributed by atoms with Crippen LogP contribution in [-0.2, 0) is 0 Å². The highest BCUT2D eigenvalue weighted by Crippen LogP contribution is 2.17. The zero-order valence-electron chi connectivity index (χ0n) is 8.03. The highest BCUT2D eigenvalue weighted by atomic mass is 16.2. The molecule has 13 heavy (non-hydrogen) atoms. The van der Waals surface area contributed by atoms with Crippen molar-refractivity contribution in [2.45, 2.75) is 19.8 Å². The van der Waals surface area contributed by atoms with Gasteiger partial charge >= 0.3 is 0 Å². The van der Waals surface area contributed by atoms with Crippen molar-refractivity contribution in [2.24, 2.45) is 0 Å². The minimum atomic E-state index is 0.232. The molecule has 0 fully saturated rings. The SMILES string of the molecule is CCC(=CCCO)c1ccccc1. The van der Waals surface area contributed by atoms with Crippen LogP contribution in [0.1, 0.15) is 25.3 Å². The Balaban J connectivity index is 2.78. The molecule has 0 saturated heterocycles. The first-order chi connectivity index (χ1) is 6.38. The molecule has 0 saturated carbocycles. The van der Waals surface area contributed by atoms with Crippen LogP contribution in [0.4, 0.5) is 0 Å². The zero-order chi connectivity index (χ0) is 9.52. The Labute approximate surface area is 79.7 Å². The summed E-state index contributed by atoms with van der Waals surface area (Å²) in [6, 6.07) is 10.3. The van der Waals surface area contributed by atoms with Gasteiger partial charge in [-0.2, -0.15) is 0 Å². The monoisotopic (exact) mass is 176 g/mol. The van der Waals surface area contributed by atoms with Crippen molar-refractivity contribution in [1.29, 1.82) is 0 Å². The molecular formula is C12H16O. The Morgan fingerprint density at radius 3 is 2.54 bits per heavy atom. The Morgan fingerprint density at radius 1 is 1.31 bits per heavy atom. The van der Waals surface area contributed by atoms with Gasteiger partial charge in [0.05, 0.1) is 0 Å². The molecule has 1 N–H and O–H groups in total. The Kier molecular flexibility index (Phi) is 4.27. The summed E-state index contributed by atoms with van der Waals surface area (Å²) in [5.74, 6) is 0. The van der Waals surface area contributed by atoms with E-state index in [2.05, 4.69) is 25.1 Å². The highest BCUT2D eigenvalue weighted by molar-refractivity contribution is 5.65. The smallest absolute Gasteiger partial charge is 0.0465 e. The van der Waals surface area contributed by atoms with Gasteiger partial charge in [0.1, 0.15) is 0 Å². The highest BCUT2D eigenvalue weighted by Gasteiger charge is 1.96. The Bertz CT molecular complexity index is 262. The molecule has 0 aromatic heterocycles. The largest absolute Gasteiger partial charge is 0.396 e. The standard InChI is InChI=1S/C12H16O/c1-2-11(9-6-10-13)12-7-4-3-5-8-12/h3-5,7-9,13H,2,6,10H2,1H3. The second-order valence-corrected chi connectivity index (χ2v) is 2.96. The summed E-state index contributed by atoms with van der Waals surface area (Å²) in [6.07, 6.45) is 3.87. The maximum absolute atomic E-state index is 8.71. The summed E-state index contributed by atoms with van der Waals surface area (Å²) in [6.45, 7) is 2.37. The van der Waals surface area contributed by atoms with Gasteiger partial charge in [-0.15, -0.1) is 0 Å². The summed E-state index contributed by atoms with van der Waals surface area (Å²) in [5, 5.41) is 8.71. The number of aliphatic hydroxyl groups excluding tert-OH is 1. The molecule has 0 spiro atoms. The number of rotatable bonds is 4. The van der Waals surface area contributed by atoms with Crippen LogP contribution in [0.3, 0.4) is 0 Å². The van der Waals surface area contributed by atoms with Crippen molar-refractivity contribution in [3.63, 3.8) is 0 Å². The minimum absolute atomic E-state index is 0.232. The predicted molar refractivity (Wildman–Crippen MR) is 56.4 cm³/mol. The summed E-state index contributed by atoms with van der Waals surface area (Å²) >= 11 is 0. The van der Waals surface area contributed by atoms with E-state index in [1.165, 1.54) is 11.1 Å². The quantitative estimate of drug-likeness (QED) is 0.748. The van der Waals surface area contributed by atoms with Crippen molar-refractivity contribution in [3.8, 4) is 0 Å². The second-order valence-electron chi connectivity index (χ2n) is 2.96. The third kappa shape index (κ3) is 3.03. The van der Waals surface area contributed by atoms with Gasteiger partial charge in [-0.25, -0.2) is 0 Å². The van der Waals surface area contributed by atoms with E-state index in [4.69, 9.17) is 5.11 Å². The predicted octanol–water partition coefficient (Wildman–Crippen LogP) is 2.86. The van der Waals surface area contributed by atoms with E-state index in [0.29, 0.717) is 0 Å². The average Bonchev–Trinajstić information content (AvgIpc) is 2.21. The van der Waals surface area contributed by atoms with E-state index < -0.39 is 0 Å². The van der Waals surface area contributed by atoms with E-state index in [1.807, 2.05) is 18.2 Å². The number of allylic oxidation sites excluding steroid dienone is 1. The van der Waals surface area contributed by atoms with Crippen LogP contribution in [0.15, 0.2) is 36.4 Å². The second kappa shape index (κ2) is 5.55. The molecule has 0 amide bonds. The van der Waals surface area contributed by atoms with Crippen LogP contribution in [0.2, 0.25) is 0 Å². The number of aliphatic hydroxyl groups is 1. The fourth-order valence-corrected chi connectivity index (χ4v) is 1.36. The summed E-state index contributed by atoms with van der Waals surface area (Å²) in [7, 11) is 0. The molecule has 0 aliphatic carbocycles. The molecule has 1 aromatic rings.